The van der Waals surface area contributed by atoms with Crippen LogP contribution in [0.4, 0.5) is 0 Å². The van der Waals surface area contributed by atoms with Gasteiger partial charge in [0.25, 0.3) is 0 Å². The molecule has 36 valence electrons. The average Bonchev–Trinajstić information content (AvgIpc) is 1.65. The maximum atomic E-state index is 4.58. The van der Waals surface area contributed by atoms with Gasteiger partial charge in [0.05, 0.1) is 0 Å². The third kappa shape index (κ3) is 6.79. The first-order valence-corrected chi connectivity index (χ1v) is 2.03. The summed E-state index contributed by atoms with van der Waals surface area (Å²) in [6, 6.07) is 0. The fourth-order valence-electron chi connectivity index (χ4n) is 0.112. The van der Waals surface area contributed by atoms with E-state index in [-0.39, 0.29) is 32.7 Å². The molecule has 4 heteroatoms. The summed E-state index contributed by atoms with van der Waals surface area (Å²) < 4.78 is 0. The molecule has 0 saturated carbocycles. The Morgan fingerprint density at radius 2 is 2.14 bits per heavy atom. The van der Waals surface area contributed by atoms with E-state index in [1.807, 2.05) is 0 Å². The van der Waals surface area contributed by atoms with E-state index in [1.165, 1.54) is 0 Å². The van der Waals surface area contributed by atoms with Gasteiger partial charge in [-0.3, -0.25) is 0 Å². The van der Waals surface area contributed by atoms with E-state index < -0.39 is 0 Å². The molecular formula is C3H7N2SY+2. The van der Waals surface area contributed by atoms with Crippen molar-refractivity contribution in [1.82, 2.24) is 5.32 Å². The monoisotopic (exact) mass is 192 g/mol. The number of aliphatic imine (C=N–C) groups is 1. The van der Waals surface area contributed by atoms with Crippen LogP contribution in [0.3, 0.4) is 0 Å². The maximum Gasteiger partial charge on any atom is 3.00 e. The largest absolute Gasteiger partial charge is 3.00 e. The quantitative estimate of drug-likeness (QED) is 0.325. The molecule has 0 radical (unpaired) electrons. The number of nitrogens with one attached hydrogen (secondary N) is 1. The summed E-state index contributed by atoms with van der Waals surface area (Å²) in [5.41, 5.74) is 0. The topological polar surface area (TPSA) is 24.4 Å². The van der Waals surface area contributed by atoms with Crippen molar-refractivity contribution in [2.45, 2.75) is 0 Å². The zero-order valence-electron chi connectivity index (χ0n) is 4.43. The van der Waals surface area contributed by atoms with Crippen LogP contribution in [0.1, 0.15) is 0 Å². The van der Waals surface area contributed by atoms with Gasteiger partial charge in [0.15, 0.2) is 0 Å². The molecule has 0 aromatic heterocycles. The van der Waals surface area contributed by atoms with Crippen molar-refractivity contribution in [1.29, 1.82) is 0 Å². The summed E-state index contributed by atoms with van der Waals surface area (Å²) in [5.74, 6) is 0. The normalized spacial score (nSPS) is 9.71. The molecule has 0 unspecified atom stereocenters. The van der Waals surface area contributed by atoms with Crippen molar-refractivity contribution >= 4 is 17.8 Å². The molecule has 0 aliphatic rings. The van der Waals surface area contributed by atoms with Crippen LogP contribution >= 0.6 is 0 Å². The summed E-state index contributed by atoms with van der Waals surface area (Å²) in [5, 5.41) is 3.23. The van der Waals surface area contributed by atoms with Crippen LogP contribution < -0.4 is 5.32 Å². The van der Waals surface area contributed by atoms with Gasteiger partial charge in [0, 0.05) is 14.1 Å². The first kappa shape index (κ1) is 10.7. The summed E-state index contributed by atoms with van der Waals surface area (Å²) in [6.45, 7) is 0. The molecule has 0 rings (SSSR count). The van der Waals surface area contributed by atoms with Gasteiger partial charge in [-0.2, -0.15) is 0 Å². The van der Waals surface area contributed by atoms with Crippen molar-refractivity contribution in [2.75, 3.05) is 14.1 Å². The van der Waals surface area contributed by atoms with Gasteiger partial charge < -0.3 is 22.9 Å². The molecule has 2 nitrogen and oxygen atoms in total. The molecule has 0 heterocycles. The van der Waals surface area contributed by atoms with Crippen LogP contribution in [0, 0.1) is 0 Å². The van der Waals surface area contributed by atoms with Crippen LogP contribution in [0.15, 0.2) is 4.99 Å². The molecule has 0 bridgehead atoms. The van der Waals surface area contributed by atoms with E-state index in [0.29, 0.717) is 5.17 Å². The zero-order valence-corrected chi connectivity index (χ0v) is 8.09. The van der Waals surface area contributed by atoms with Gasteiger partial charge in [-0.05, 0) is 5.17 Å². The molecule has 7 heavy (non-hydrogen) atoms. The van der Waals surface area contributed by atoms with Crippen LogP contribution in [0.2, 0.25) is 0 Å². The van der Waals surface area contributed by atoms with Gasteiger partial charge in [-0.15, -0.1) is 0 Å². The Labute approximate surface area is 74.5 Å². The van der Waals surface area contributed by atoms with E-state index >= 15 is 0 Å². The predicted molar refractivity (Wildman–Crippen MR) is 29.8 cm³/mol. The Morgan fingerprint density at radius 3 is 2.14 bits per heavy atom. The van der Waals surface area contributed by atoms with Crippen molar-refractivity contribution < 1.29 is 32.7 Å². The van der Waals surface area contributed by atoms with Gasteiger partial charge in [0.2, 0.25) is 0 Å². The van der Waals surface area contributed by atoms with Gasteiger partial charge >= 0.3 is 32.7 Å². The second kappa shape index (κ2) is 6.79. The SMILES string of the molecule is CN=C([S-])NC.[Y+3]. The molecule has 0 spiro atoms. The molecule has 1 N–H and O–H groups in total. The van der Waals surface area contributed by atoms with Crippen LogP contribution in [-0.2, 0) is 45.3 Å². The third-order valence-electron chi connectivity index (χ3n) is 0.417. The van der Waals surface area contributed by atoms with Crippen molar-refractivity contribution in [3.8, 4) is 0 Å². The molecule has 0 aromatic rings. The van der Waals surface area contributed by atoms with Crippen LogP contribution in [0.5, 0.6) is 0 Å². The molecule has 0 atom stereocenters. The second-order valence-corrected chi connectivity index (χ2v) is 1.17. The van der Waals surface area contributed by atoms with Crippen LogP contribution in [-0.4, -0.2) is 19.3 Å². The Kier molecular flexibility index (Phi) is 10.4. The molecule has 0 fully saturated rings. The van der Waals surface area contributed by atoms with E-state index in [0.717, 1.165) is 0 Å². The van der Waals surface area contributed by atoms with Gasteiger partial charge in [-0.25, -0.2) is 0 Å². The summed E-state index contributed by atoms with van der Waals surface area (Å²) >= 11 is 4.58. The third-order valence-corrected chi connectivity index (χ3v) is 0.804. The van der Waals surface area contributed by atoms with E-state index in [1.54, 1.807) is 14.1 Å². The number of amidine groups is 1. The number of hydrogen-bond acceptors (Lipinski definition) is 2. The smallest absolute Gasteiger partial charge is 0.743 e. The minimum atomic E-state index is 0. The van der Waals surface area contributed by atoms with Crippen molar-refractivity contribution in [3.05, 3.63) is 0 Å². The maximum absolute atomic E-state index is 4.58. The second-order valence-electron chi connectivity index (χ2n) is 0.779. The van der Waals surface area contributed by atoms with Gasteiger partial charge in [0.1, 0.15) is 0 Å². The standard InChI is InChI=1S/C3H8N2S.Y/c1-4-3(6)5-2;/h1-2H3,(H2,4,5,6);/q;+3/p-1. The Bertz CT molecular complexity index is 64.0. The van der Waals surface area contributed by atoms with E-state index in [4.69, 9.17) is 0 Å². The molecule has 0 saturated heterocycles. The van der Waals surface area contributed by atoms with Crippen molar-refractivity contribution in [2.24, 2.45) is 4.99 Å². The Morgan fingerprint density at radius 1 is 1.71 bits per heavy atom. The Hall–Kier alpha value is 0.794. The molecule has 0 aliphatic carbocycles. The van der Waals surface area contributed by atoms with E-state index in [9.17, 15) is 0 Å². The average molecular weight is 192 g/mol. The predicted octanol–water partition coefficient (Wildman–Crippen LogP) is -0.264. The molecular weight excluding hydrogens is 185 g/mol. The summed E-state index contributed by atoms with van der Waals surface area (Å²) in [7, 11) is 3.40. The zero-order chi connectivity index (χ0) is 4.99. The number of hydrogen-bond donors (Lipinski definition) is 1. The molecule has 0 aromatic carbocycles. The Balaban J connectivity index is 0. The first-order valence-electron chi connectivity index (χ1n) is 1.62. The minimum Gasteiger partial charge on any atom is -0.743 e. The fraction of sp³-hybridized carbons (Fsp3) is 0.667. The fourth-order valence-corrected chi connectivity index (χ4v) is 0.112. The number of rotatable bonds is 0. The number of nitrogens with zero attached hydrogens (tertiary/aromatic N) is 1. The van der Waals surface area contributed by atoms with E-state index in [2.05, 4.69) is 22.9 Å². The first-order chi connectivity index (χ1) is 2.81. The van der Waals surface area contributed by atoms with Crippen LogP contribution in [0.25, 0.3) is 0 Å². The van der Waals surface area contributed by atoms with Gasteiger partial charge in [-0.1, -0.05) is 0 Å². The molecule has 0 amide bonds. The van der Waals surface area contributed by atoms with Crippen molar-refractivity contribution in [3.63, 3.8) is 0 Å². The molecule has 0 aliphatic heterocycles. The summed E-state index contributed by atoms with van der Waals surface area (Å²) in [6.07, 6.45) is 0. The minimum absolute atomic E-state index is 0. The summed E-state index contributed by atoms with van der Waals surface area (Å²) in [4.78, 5) is 3.63.